The lowest BCUT2D eigenvalue weighted by atomic mass is 9.97. The summed E-state index contributed by atoms with van der Waals surface area (Å²) in [6.07, 6.45) is 3.10. The number of carbonyl (C=O) groups excluding carboxylic acids is 2. The Hall–Kier alpha value is -1.93. The Balaban J connectivity index is 1.87. The number of hydrogen-bond acceptors (Lipinski definition) is 4. The lowest BCUT2D eigenvalue weighted by Gasteiger charge is -2.29. The van der Waals surface area contributed by atoms with Crippen LogP contribution >= 0.6 is 0 Å². The summed E-state index contributed by atoms with van der Waals surface area (Å²) in [6, 6.07) is 7.32. The quantitative estimate of drug-likeness (QED) is 0.731. The van der Waals surface area contributed by atoms with E-state index in [1.807, 2.05) is 19.9 Å². The van der Waals surface area contributed by atoms with Gasteiger partial charge in [0.1, 0.15) is 0 Å². The van der Waals surface area contributed by atoms with Gasteiger partial charge in [-0.3, -0.25) is 9.59 Å². The molecule has 0 spiro atoms. The zero-order valence-electron chi connectivity index (χ0n) is 16.2. The van der Waals surface area contributed by atoms with Gasteiger partial charge in [-0.15, -0.1) is 0 Å². The highest BCUT2D eigenvalue weighted by Gasteiger charge is 2.28. The largest absolute Gasteiger partial charge is 0.352 e. The number of nitrogens with zero attached hydrogens (tertiary/aromatic N) is 1. The lowest BCUT2D eigenvalue weighted by molar-refractivity contribution is -0.126. The summed E-state index contributed by atoms with van der Waals surface area (Å²) in [5.74, 6) is -0.372. The van der Waals surface area contributed by atoms with Crippen molar-refractivity contribution in [3.05, 3.63) is 35.4 Å². The van der Waals surface area contributed by atoms with Gasteiger partial charge in [-0.2, -0.15) is 0 Å². The number of benzene rings is 1. The van der Waals surface area contributed by atoms with E-state index >= 15 is 0 Å². The van der Waals surface area contributed by atoms with Crippen molar-refractivity contribution in [1.29, 1.82) is 0 Å². The Morgan fingerprint density at radius 2 is 1.93 bits per heavy atom. The van der Waals surface area contributed by atoms with Crippen LogP contribution in [0.15, 0.2) is 24.3 Å². The standard InChI is InChI=1S/C19H29N3O4S/c1-4-14(2)21-19(24)17-7-5-6-15(12-17)13-20-18(23)16-8-10-22(11-9-16)27(3,25)26/h5-7,12,14,16H,4,8-11,13H2,1-3H3,(H,20,23)(H,21,24). The minimum Gasteiger partial charge on any atom is -0.352 e. The summed E-state index contributed by atoms with van der Waals surface area (Å²) >= 11 is 0. The predicted molar refractivity (Wildman–Crippen MR) is 105 cm³/mol. The zero-order chi connectivity index (χ0) is 20.0. The molecule has 1 atom stereocenters. The first-order valence-corrected chi connectivity index (χ1v) is 11.2. The Morgan fingerprint density at radius 3 is 2.52 bits per heavy atom. The number of amides is 2. The van der Waals surface area contributed by atoms with Crippen molar-refractivity contribution in [1.82, 2.24) is 14.9 Å². The molecule has 1 unspecified atom stereocenters. The molecule has 1 aliphatic heterocycles. The van der Waals surface area contributed by atoms with Gasteiger partial charge in [0.25, 0.3) is 5.91 Å². The summed E-state index contributed by atoms with van der Waals surface area (Å²) in [7, 11) is -3.19. The van der Waals surface area contributed by atoms with Crippen molar-refractivity contribution in [3.8, 4) is 0 Å². The fourth-order valence-electron chi connectivity index (χ4n) is 3.01. The van der Waals surface area contributed by atoms with E-state index in [1.54, 1.807) is 18.2 Å². The van der Waals surface area contributed by atoms with Gasteiger partial charge < -0.3 is 10.6 Å². The molecule has 8 heteroatoms. The molecule has 2 amide bonds. The highest BCUT2D eigenvalue weighted by molar-refractivity contribution is 7.88. The van der Waals surface area contributed by atoms with Crippen LogP contribution in [0.3, 0.4) is 0 Å². The summed E-state index contributed by atoms with van der Waals surface area (Å²) in [6.45, 7) is 5.06. The fraction of sp³-hybridized carbons (Fsp3) is 0.579. The lowest BCUT2D eigenvalue weighted by Crippen LogP contribution is -2.42. The maximum Gasteiger partial charge on any atom is 0.251 e. The van der Waals surface area contributed by atoms with Gasteiger partial charge in [0.05, 0.1) is 6.26 Å². The number of piperidine rings is 1. The number of hydrogen-bond donors (Lipinski definition) is 2. The molecular weight excluding hydrogens is 366 g/mol. The average Bonchev–Trinajstić information content (AvgIpc) is 2.65. The van der Waals surface area contributed by atoms with Gasteiger partial charge in [-0.25, -0.2) is 12.7 Å². The van der Waals surface area contributed by atoms with Crippen molar-refractivity contribution < 1.29 is 18.0 Å². The Morgan fingerprint density at radius 1 is 1.26 bits per heavy atom. The van der Waals surface area contributed by atoms with Gasteiger partial charge in [0.15, 0.2) is 0 Å². The summed E-state index contributed by atoms with van der Waals surface area (Å²) < 4.78 is 24.5. The normalized spacial score (nSPS) is 17.3. The third kappa shape index (κ3) is 6.32. The maximum absolute atomic E-state index is 12.4. The molecule has 1 saturated heterocycles. The molecule has 0 radical (unpaired) electrons. The third-order valence-corrected chi connectivity index (χ3v) is 6.24. The van der Waals surface area contributed by atoms with Crippen LogP contribution < -0.4 is 10.6 Å². The van der Waals surface area contributed by atoms with Crippen molar-refractivity contribution >= 4 is 21.8 Å². The molecular formula is C19H29N3O4S. The number of nitrogens with one attached hydrogen (secondary N) is 2. The monoisotopic (exact) mass is 395 g/mol. The summed E-state index contributed by atoms with van der Waals surface area (Å²) in [5.41, 5.74) is 1.43. The van der Waals surface area contributed by atoms with Gasteiger partial charge in [0, 0.05) is 37.2 Å². The van der Waals surface area contributed by atoms with Crippen molar-refractivity contribution in [2.24, 2.45) is 5.92 Å². The van der Waals surface area contributed by atoms with Gasteiger partial charge >= 0.3 is 0 Å². The van der Waals surface area contributed by atoms with E-state index in [2.05, 4.69) is 10.6 Å². The first kappa shape index (κ1) is 21.4. The number of sulfonamides is 1. The molecule has 150 valence electrons. The Kier molecular flexibility index (Phi) is 7.38. The SMILES string of the molecule is CCC(C)NC(=O)c1cccc(CNC(=O)C2CCN(S(C)(=O)=O)CC2)c1. The van der Waals surface area contributed by atoms with Crippen LogP contribution in [0.25, 0.3) is 0 Å². The van der Waals surface area contributed by atoms with E-state index in [4.69, 9.17) is 0 Å². The maximum atomic E-state index is 12.4. The molecule has 0 saturated carbocycles. The van der Waals surface area contributed by atoms with Gasteiger partial charge in [-0.1, -0.05) is 19.1 Å². The van der Waals surface area contributed by atoms with Gasteiger partial charge in [0.2, 0.25) is 15.9 Å². The molecule has 0 aliphatic carbocycles. The Bertz CT molecular complexity index is 771. The first-order valence-electron chi connectivity index (χ1n) is 9.33. The van der Waals surface area contributed by atoms with Crippen molar-refractivity contribution in [2.45, 2.75) is 45.7 Å². The molecule has 1 fully saturated rings. The number of carbonyl (C=O) groups is 2. The number of rotatable bonds is 7. The van der Waals surface area contributed by atoms with E-state index in [9.17, 15) is 18.0 Å². The average molecular weight is 396 g/mol. The predicted octanol–water partition coefficient (Wildman–Crippen LogP) is 1.50. The molecule has 1 aromatic carbocycles. The molecule has 0 aromatic heterocycles. The molecule has 27 heavy (non-hydrogen) atoms. The zero-order valence-corrected chi connectivity index (χ0v) is 17.0. The molecule has 2 N–H and O–H groups in total. The van der Waals surface area contributed by atoms with Crippen LogP contribution in [0.5, 0.6) is 0 Å². The molecule has 0 bridgehead atoms. The minimum atomic E-state index is -3.19. The molecule has 2 rings (SSSR count). The van der Waals surface area contributed by atoms with Crippen molar-refractivity contribution in [3.63, 3.8) is 0 Å². The second-order valence-corrected chi connectivity index (χ2v) is 9.12. The third-order valence-electron chi connectivity index (χ3n) is 4.94. The van der Waals surface area contributed by atoms with Crippen LogP contribution in [-0.4, -0.2) is 49.9 Å². The van der Waals surface area contributed by atoms with Crippen LogP contribution in [-0.2, 0) is 21.4 Å². The highest BCUT2D eigenvalue weighted by atomic mass is 32.2. The molecule has 1 heterocycles. The van der Waals surface area contributed by atoms with Gasteiger partial charge in [-0.05, 0) is 43.9 Å². The van der Waals surface area contributed by atoms with E-state index < -0.39 is 10.0 Å². The smallest absolute Gasteiger partial charge is 0.251 e. The Labute approximate surface area is 161 Å². The van der Waals surface area contributed by atoms with Crippen LogP contribution in [0.4, 0.5) is 0 Å². The molecule has 7 nitrogen and oxygen atoms in total. The first-order chi connectivity index (χ1) is 12.7. The topological polar surface area (TPSA) is 95.6 Å². The van der Waals surface area contributed by atoms with E-state index in [1.165, 1.54) is 10.6 Å². The fourth-order valence-corrected chi connectivity index (χ4v) is 3.89. The summed E-state index contributed by atoms with van der Waals surface area (Å²) in [5, 5.41) is 5.83. The van der Waals surface area contributed by atoms with E-state index in [-0.39, 0.29) is 23.8 Å². The highest BCUT2D eigenvalue weighted by Crippen LogP contribution is 2.19. The van der Waals surface area contributed by atoms with Crippen LogP contribution in [0.2, 0.25) is 0 Å². The van der Waals surface area contributed by atoms with Crippen LogP contribution in [0.1, 0.15) is 49.0 Å². The van der Waals surface area contributed by atoms with E-state index in [0.29, 0.717) is 38.0 Å². The van der Waals surface area contributed by atoms with Crippen LogP contribution in [0, 0.1) is 5.92 Å². The minimum absolute atomic E-state index is 0.0717. The molecule has 1 aliphatic rings. The van der Waals surface area contributed by atoms with Crippen molar-refractivity contribution in [2.75, 3.05) is 19.3 Å². The second kappa shape index (κ2) is 9.32. The second-order valence-electron chi connectivity index (χ2n) is 7.14. The summed E-state index contributed by atoms with van der Waals surface area (Å²) in [4.78, 5) is 24.6. The van der Waals surface area contributed by atoms with E-state index in [0.717, 1.165) is 12.0 Å². The molecule has 1 aromatic rings.